The van der Waals surface area contributed by atoms with E-state index in [1.54, 1.807) is 18.2 Å². The van der Waals surface area contributed by atoms with E-state index in [4.69, 9.17) is 11.6 Å². The van der Waals surface area contributed by atoms with Crippen molar-refractivity contribution in [3.63, 3.8) is 0 Å². The maximum absolute atomic E-state index is 11.5. The Hall–Kier alpha value is -1.79. The molecular formula is C11H6ClNO2. The van der Waals surface area contributed by atoms with E-state index < -0.39 is 11.7 Å². The van der Waals surface area contributed by atoms with E-state index in [2.05, 4.69) is 17.2 Å². The summed E-state index contributed by atoms with van der Waals surface area (Å²) in [5.41, 5.74) is 1.41. The highest BCUT2D eigenvalue weighted by Crippen LogP contribution is 2.25. The molecule has 1 aliphatic rings. The van der Waals surface area contributed by atoms with Gasteiger partial charge in [-0.3, -0.25) is 9.59 Å². The molecule has 0 spiro atoms. The molecule has 0 unspecified atom stereocenters. The summed E-state index contributed by atoms with van der Waals surface area (Å²) in [7, 11) is 0. The van der Waals surface area contributed by atoms with Gasteiger partial charge in [-0.1, -0.05) is 17.9 Å². The highest BCUT2D eigenvalue weighted by molar-refractivity contribution is 6.52. The SMILES string of the molecule is O=C1Nc2cccc(C#CCCl)c2C1=O. The minimum Gasteiger partial charge on any atom is -0.318 e. The predicted molar refractivity (Wildman–Crippen MR) is 57.0 cm³/mol. The van der Waals surface area contributed by atoms with Crippen molar-refractivity contribution < 1.29 is 9.59 Å². The van der Waals surface area contributed by atoms with Crippen LogP contribution in [0.3, 0.4) is 0 Å². The topological polar surface area (TPSA) is 46.2 Å². The number of halogens is 1. The molecule has 3 nitrogen and oxygen atoms in total. The van der Waals surface area contributed by atoms with Crippen LogP contribution in [0.1, 0.15) is 15.9 Å². The molecule has 4 heteroatoms. The molecule has 15 heavy (non-hydrogen) atoms. The fraction of sp³-hybridized carbons (Fsp3) is 0.0909. The van der Waals surface area contributed by atoms with Crippen LogP contribution < -0.4 is 5.32 Å². The van der Waals surface area contributed by atoms with Crippen LogP contribution in [0.25, 0.3) is 0 Å². The fourth-order valence-electron chi connectivity index (χ4n) is 1.43. The number of benzene rings is 1. The number of fused-ring (bicyclic) bond motifs is 1. The minimum atomic E-state index is -0.606. The molecule has 0 fully saturated rings. The van der Waals surface area contributed by atoms with Gasteiger partial charge in [0, 0.05) is 5.56 Å². The maximum atomic E-state index is 11.5. The Morgan fingerprint density at radius 2 is 2.13 bits per heavy atom. The summed E-state index contributed by atoms with van der Waals surface area (Å²) in [5, 5.41) is 2.47. The molecule has 1 heterocycles. The number of Topliss-reactive ketones (excluding diaryl/α,β-unsaturated/α-hetero) is 1. The first-order chi connectivity index (χ1) is 7.24. The number of amides is 1. The highest BCUT2D eigenvalue weighted by Gasteiger charge is 2.29. The molecular weight excluding hydrogens is 214 g/mol. The molecule has 1 amide bonds. The summed E-state index contributed by atoms with van der Waals surface area (Å²) in [4.78, 5) is 22.6. The third kappa shape index (κ3) is 1.60. The number of hydrogen-bond donors (Lipinski definition) is 1. The zero-order valence-electron chi connectivity index (χ0n) is 7.63. The van der Waals surface area contributed by atoms with Crippen LogP contribution in [0.2, 0.25) is 0 Å². The molecule has 1 aromatic carbocycles. The van der Waals surface area contributed by atoms with Crippen LogP contribution in [0.5, 0.6) is 0 Å². The van der Waals surface area contributed by atoms with Crippen LogP contribution in [0.4, 0.5) is 5.69 Å². The van der Waals surface area contributed by atoms with Gasteiger partial charge in [0.1, 0.15) is 0 Å². The number of rotatable bonds is 0. The van der Waals surface area contributed by atoms with Gasteiger partial charge in [-0.15, -0.1) is 11.6 Å². The summed E-state index contributed by atoms with van der Waals surface area (Å²) in [6.45, 7) is 0. The zero-order valence-corrected chi connectivity index (χ0v) is 8.39. The Morgan fingerprint density at radius 1 is 1.33 bits per heavy atom. The number of anilines is 1. The second-order valence-electron chi connectivity index (χ2n) is 2.95. The van der Waals surface area contributed by atoms with Gasteiger partial charge in [-0.25, -0.2) is 0 Å². The Balaban J connectivity index is 2.57. The van der Waals surface area contributed by atoms with E-state index in [-0.39, 0.29) is 5.88 Å². The van der Waals surface area contributed by atoms with E-state index in [1.807, 2.05) is 0 Å². The highest BCUT2D eigenvalue weighted by atomic mass is 35.5. The van der Waals surface area contributed by atoms with Gasteiger partial charge in [0.15, 0.2) is 0 Å². The molecule has 0 saturated carbocycles. The second kappa shape index (κ2) is 3.76. The standard InChI is InChI=1S/C11H6ClNO2/c12-6-2-4-7-3-1-5-8-9(7)10(14)11(15)13-8/h1,3,5H,6H2,(H,13,14,15). The van der Waals surface area contributed by atoms with Crippen LogP contribution in [-0.2, 0) is 4.79 Å². The van der Waals surface area contributed by atoms with Crippen molar-refractivity contribution in [3.8, 4) is 11.8 Å². The fourth-order valence-corrected chi connectivity index (χ4v) is 1.49. The molecule has 1 N–H and O–H groups in total. The summed E-state index contributed by atoms with van der Waals surface area (Å²) in [6.07, 6.45) is 0. The Morgan fingerprint density at radius 3 is 2.87 bits per heavy atom. The van der Waals surface area contributed by atoms with Gasteiger partial charge in [-0.05, 0) is 12.1 Å². The maximum Gasteiger partial charge on any atom is 0.296 e. The summed E-state index contributed by atoms with van der Waals surface area (Å²) >= 11 is 5.43. The number of carbonyl (C=O) groups is 2. The van der Waals surface area contributed by atoms with Crippen LogP contribution in [0, 0.1) is 11.8 Å². The molecule has 0 aromatic heterocycles. The molecule has 1 aromatic rings. The monoisotopic (exact) mass is 219 g/mol. The average Bonchev–Trinajstić information content (AvgIpc) is 2.53. The van der Waals surface area contributed by atoms with Crippen molar-refractivity contribution in [2.75, 3.05) is 11.2 Å². The van der Waals surface area contributed by atoms with Crippen LogP contribution in [0.15, 0.2) is 18.2 Å². The third-order valence-electron chi connectivity index (χ3n) is 2.04. The Kier molecular flexibility index (Phi) is 2.44. The van der Waals surface area contributed by atoms with Gasteiger partial charge in [-0.2, -0.15) is 0 Å². The van der Waals surface area contributed by atoms with E-state index >= 15 is 0 Å². The van der Waals surface area contributed by atoms with Crippen molar-refractivity contribution in [2.45, 2.75) is 0 Å². The first kappa shape index (κ1) is 9.75. The largest absolute Gasteiger partial charge is 0.318 e. The molecule has 0 atom stereocenters. The summed E-state index contributed by atoms with van der Waals surface area (Å²) in [6, 6.07) is 5.09. The van der Waals surface area contributed by atoms with E-state index in [9.17, 15) is 9.59 Å². The summed E-state index contributed by atoms with van der Waals surface area (Å²) < 4.78 is 0. The van der Waals surface area contributed by atoms with Gasteiger partial charge in [0.2, 0.25) is 0 Å². The first-order valence-corrected chi connectivity index (χ1v) is 4.81. The average molecular weight is 220 g/mol. The Bertz CT molecular complexity index is 511. The summed E-state index contributed by atoms with van der Waals surface area (Å²) in [5.74, 6) is 4.45. The van der Waals surface area contributed by atoms with Crippen LogP contribution in [-0.4, -0.2) is 17.6 Å². The zero-order chi connectivity index (χ0) is 10.8. The van der Waals surface area contributed by atoms with Gasteiger partial charge in [0.25, 0.3) is 11.7 Å². The van der Waals surface area contributed by atoms with E-state index in [1.165, 1.54) is 0 Å². The van der Waals surface area contributed by atoms with Crippen LogP contribution >= 0.6 is 11.6 Å². The van der Waals surface area contributed by atoms with Crippen molar-refractivity contribution >= 4 is 29.0 Å². The second-order valence-corrected chi connectivity index (χ2v) is 3.21. The van der Waals surface area contributed by atoms with Crippen molar-refractivity contribution in [1.82, 2.24) is 0 Å². The van der Waals surface area contributed by atoms with E-state index in [0.29, 0.717) is 16.8 Å². The number of carbonyl (C=O) groups excluding carboxylic acids is 2. The lowest BCUT2D eigenvalue weighted by Crippen LogP contribution is -2.12. The van der Waals surface area contributed by atoms with E-state index in [0.717, 1.165) is 0 Å². The lowest BCUT2D eigenvalue weighted by Gasteiger charge is -1.97. The van der Waals surface area contributed by atoms with Gasteiger partial charge < -0.3 is 5.32 Å². The van der Waals surface area contributed by atoms with Crippen molar-refractivity contribution in [3.05, 3.63) is 29.3 Å². The molecule has 1 aliphatic heterocycles. The first-order valence-electron chi connectivity index (χ1n) is 4.27. The third-order valence-corrected chi connectivity index (χ3v) is 2.17. The van der Waals surface area contributed by atoms with Gasteiger partial charge in [0.05, 0.1) is 17.1 Å². The Labute approximate surface area is 91.4 Å². The quantitative estimate of drug-likeness (QED) is 0.407. The smallest absolute Gasteiger partial charge is 0.296 e. The number of nitrogens with one attached hydrogen (secondary N) is 1. The number of alkyl halides is 1. The lowest BCUT2D eigenvalue weighted by molar-refractivity contribution is -0.112. The molecule has 0 aliphatic carbocycles. The molecule has 74 valence electrons. The van der Waals surface area contributed by atoms with Gasteiger partial charge >= 0.3 is 0 Å². The normalized spacial score (nSPS) is 12.9. The van der Waals surface area contributed by atoms with Crippen molar-refractivity contribution in [1.29, 1.82) is 0 Å². The molecule has 2 rings (SSSR count). The predicted octanol–water partition coefficient (Wildman–Crippen LogP) is 1.41. The number of hydrogen-bond acceptors (Lipinski definition) is 2. The minimum absolute atomic E-state index is 0.194. The number of ketones is 1. The molecule has 0 radical (unpaired) electrons. The molecule has 0 bridgehead atoms. The molecule has 0 saturated heterocycles. The lowest BCUT2D eigenvalue weighted by atomic mass is 10.0. The van der Waals surface area contributed by atoms with Crippen molar-refractivity contribution in [2.24, 2.45) is 0 Å².